The molecule has 0 saturated carbocycles. The summed E-state index contributed by atoms with van der Waals surface area (Å²) in [5.41, 5.74) is 4.31. The Kier molecular flexibility index (Phi) is 9.85. The zero-order chi connectivity index (χ0) is 39.8. The van der Waals surface area contributed by atoms with Gasteiger partial charge < -0.3 is 0 Å². The Hall–Kier alpha value is -6.26. The first-order valence-electron chi connectivity index (χ1n) is 20.3. The maximum absolute atomic E-state index is 5.59. The van der Waals surface area contributed by atoms with Gasteiger partial charge in [0.25, 0.3) is 0 Å². The lowest BCUT2D eigenvalue weighted by atomic mass is 10.1. The molecule has 2 nitrogen and oxygen atoms in total. The molecule has 0 atom stereocenters. The Morgan fingerprint density at radius 2 is 0.617 bits per heavy atom. The molecule has 0 unspecified atom stereocenters. The van der Waals surface area contributed by atoms with Crippen LogP contribution in [0.15, 0.2) is 237 Å². The summed E-state index contributed by atoms with van der Waals surface area (Å²) in [6.45, 7) is 0. The Balaban J connectivity index is 1.19. The largest absolute Gasteiger partial charge is 0.292 e. The number of rotatable bonds is 9. The predicted octanol–water partition coefficient (Wildman–Crippen LogP) is 10.1. The van der Waals surface area contributed by atoms with Gasteiger partial charge in [-0.2, -0.15) is 0 Å². The predicted molar refractivity (Wildman–Crippen MR) is 264 cm³/mol. The molecule has 11 rings (SSSR count). The van der Waals surface area contributed by atoms with Crippen molar-refractivity contribution in [3.63, 3.8) is 0 Å². The summed E-state index contributed by atoms with van der Waals surface area (Å²) in [4.78, 5) is 5.59. The van der Waals surface area contributed by atoms with Gasteiger partial charge in [-0.1, -0.05) is 206 Å². The van der Waals surface area contributed by atoms with Crippen LogP contribution in [0.4, 0.5) is 0 Å². The van der Waals surface area contributed by atoms with Crippen molar-refractivity contribution in [1.82, 2.24) is 9.38 Å². The zero-order valence-electron chi connectivity index (χ0n) is 32.8. The van der Waals surface area contributed by atoms with Crippen LogP contribution in [0.25, 0.3) is 38.4 Å². The van der Waals surface area contributed by atoms with Gasteiger partial charge in [0.15, 0.2) is 0 Å². The number of benzene rings is 9. The molecule has 0 saturated heterocycles. The standard InChI is InChI=1S/C55H39N2P3/c1-7-19-40(20-8-1)58(41-21-9-2-10-22-41)46-32-35-50-51(37-46)49-34-31-48(60(44-27-15-5-16-28-44)45-29-17-6-18-30-45)39-54(49)57-53-36-33-47(38-52(53)56-55(50)57)59(42-23-11-3-12-24-42)43-25-13-4-14-26-43/h1-39H. The van der Waals surface area contributed by atoms with Crippen molar-refractivity contribution in [1.29, 1.82) is 0 Å². The second-order valence-electron chi connectivity index (χ2n) is 14.9. The first kappa shape index (κ1) is 36.8. The number of hydrogen-bond donors (Lipinski definition) is 0. The van der Waals surface area contributed by atoms with E-state index in [0.717, 1.165) is 22.1 Å². The van der Waals surface area contributed by atoms with E-state index < -0.39 is 23.8 Å². The monoisotopic (exact) mass is 820 g/mol. The van der Waals surface area contributed by atoms with Gasteiger partial charge in [0.1, 0.15) is 5.65 Å². The van der Waals surface area contributed by atoms with Crippen molar-refractivity contribution in [2.45, 2.75) is 0 Å². The van der Waals surface area contributed by atoms with Crippen molar-refractivity contribution < 1.29 is 0 Å². The molecule has 2 aromatic heterocycles. The van der Waals surface area contributed by atoms with Crippen LogP contribution in [0, 0.1) is 0 Å². The minimum absolute atomic E-state index is 0.784. The molecule has 0 fully saturated rings. The first-order chi connectivity index (χ1) is 29.8. The fourth-order valence-corrected chi connectivity index (χ4v) is 15.5. The molecule has 0 aliphatic rings. The summed E-state index contributed by atoms with van der Waals surface area (Å²) in [5, 5.41) is 15.6. The maximum atomic E-state index is 5.59. The molecule has 0 aliphatic heterocycles. The number of pyridine rings is 1. The first-order valence-corrected chi connectivity index (χ1v) is 24.3. The smallest absolute Gasteiger partial charge is 0.146 e. The topological polar surface area (TPSA) is 17.3 Å². The van der Waals surface area contributed by atoms with Crippen molar-refractivity contribution in [3.05, 3.63) is 237 Å². The van der Waals surface area contributed by atoms with Crippen LogP contribution in [-0.2, 0) is 0 Å². The molecule has 284 valence electrons. The van der Waals surface area contributed by atoms with Gasteiger partial charge in [-0.15, -0.1) is 0 Å². The van der Waals surface area contributed by atoms with Crippen LogP contribution in [0.5, 0.6) is 0 Å². The summed E-state index contributed by atoms with van der Waals surface area (Å²) in [6.07, 6.45) is 0. The van der Waals surface area contributed by atoms with Crippen LogP contribution in [0.1, 0.15) is 0 Å². The minimum Gasteiger partial charge on any atom is -0.292 e. The van der Waals surface area contributed by atoms with E-state index in [1.54, 1.807) is 0 Å². The molecule has 0 N–H and O–H groups in total. The van der Waals surface area contributed by atoms with Crippen molar-refractivity contribution in [3.8, 4) is 0 Å². The molecule has 2 heterocycles. The van der Waals surface area contributed by atoms with E-state index in [9.17, 15) is 0 Å². The molecule has 5 heteroatoms. The molecule has 0 bridgehead atoms. The highest BCUT2D eigenvalue weighted by Gasteiger charge is 2.23. The highest BCUT2D eigenvalue weighted by molar-refractivity contribution is 7.80. The number of aromatic nitrogens is 2. The van der Waals surface area contributed by atoms with Crippen LogP contribution < -0.4 is 47.7 Å². The normalized spacial score (nSPS) is 11.8. The highest BCUT2D eigenvalue weighted by atomic mass is 31.1. The zero-order valence-corrected chi connectivity index (χ0v) is 35.4. The Morgan fingerprint density at radius 3 is 1.03 bits per heavy atom. The van der Waals surface area contributed by atoms with E-state index >= 15 is 0 Å². The third-order valence-electron chi connectivity index (χ3n) is 11.3. The molecular formula is C55H39N2P3. The molecule has 0 radical (unpaired) electrons. The van der Waals surface area contributed by atoms with E-state index in [-0.39, 0.29) is 0 Å². The molecule has 0 aliphatic carbocycles. The molecule has 0 amide bonds. The quantitative estimate of drug-likeness (QED) is 0.105. The number of imidazole rings is 1. The van der Waals surface area contributed by atoms with Gasteiger partial charge in [-0.3, -0.25) is 4.40 Å². The second-order valence-corrected chi connectivity index (χ2v) is 21.6. The molecule has 60 heavy (non-hydrogen) atoms. The van der Waals surface area contributed by atoms with Crippen molar-refractivity contribution in [2.24, 2.45) is 0 Å². The summed E-state index contributed by atoms with van der Waals surface area (Å²) in [5.74, 6) is 0. The maximum Gasteiger partial charge on any atom is 0.146 e. The number of hydrogen-bond acceptors (Lipinski definition) is 1. The lowest BCUT2D eigenvalue weighted by molar-refractivity contribution is 1.32. The van der Waals surface area contributed by atoms with E-state index in [4.69, 9.17) is 4.98 Å². The third-order valence-corrected chi connectivity index (χ3v) is 18.5. The Morgan fingerprint density at radius 1 is 0.267 bits per heavy atom. The van der Waals surface area contributed by atoms with Gasteiger partial charge >= 0.3 is 0 Å². The van der Waals surface area contributed by atoms with E-state index in [1.807, 2.05) is 0 Å². The Labute approximate surface area is 354 Å². The SMILES string of the molecule is c1ccc(P(c2ccccc2)c2ccc3c(c2)nc2c4ccc(P(c5ccccc5)c5ccccc5)cc4c4ccc(P(c5ccccc5)c5ccccc5)cc4n32)cc1. The molecular weight excluding hydrogens is 782 g/mol. The lowest BCUT2D eigenvalue weighted by Gasteiger charge is -2.22. The van der Waals surface area contributed by atoms with Gasteiger partial charge in [0.2, 0.25) is 0 Å². The highest BCUT2D eigenvalue weighted by Crippen LogP contribution is 2.40. The fraction of sp³-hybridized carbons (Fsp3) is 0. The number of nitrogens with zero attached hydrogens (tertiary/aromatic N) is 2. The van der Waals surface area contributed by atoms with E-state index in [0.29, 0.717) is 0 Å². The lowest BCUT2D eigenvalue weighted by Crippen LogP contribution is -2.21. The average molecular weight is 821 g/mol. The van der Waals surface area contributed by atoms with Crippen molar-refractivity contribution >= 4 is 110 Å². The van der Waals surface area contributed by atoms with Crippen molar-refractivity contribution in [2.75, 3.05) is 0 Å². The average Bonchev–Trinajstić information content (AvgIpc) is 3.71. The van der Waals surface area contributed by atoms with Crippen LogP contribution >= 0.6 is 23.8 Å². The van der Waals surface area contributed by atoms with E-state index in [1.165, 1.54) is 64.0 Å². The van der Waals surface area contributed by atoms with Crippen LogP contribution in [0.2, 0.25) is 0 Å². The Bertz CT molecular complexity index is 3130. The van der Waals surface area contributed by atoms with Crippen LogP contribution in [-0.4, -0.2) is 9.38 Å². The summed E-state index contributed by atoms with van der Waals surface area (Å²) >= 11 is 0. The van der Waals surface area contributed by atoms with E-state index in [2.05, 4.69) is 241 Å². The fourth-order valence-electron chi connectivity index (χ4n) is 8.60. The van der Waals surface area contributed by atoms with Gasteiger partial charge in [-0.05, 0) is 107 Å². The molecule has 11 aromatic rings. The molecule has 0 spiro atoms. The summed E-state index contributed by atoms with van der Waals surface area (Å²) < 4.78 is 2.44. The second kappa shape index (κ2) is 16.1. The number of fused-ring (bicyclic) bond motifs is 8. The van der Waals surface area contributed by atoms with Crippen LogP contribution in [0.3, 0.4) is 0 Å². The van der Waals surface area contributed by atoms with Gasteiger partial charge in [0, 0.05) is 10.8 Å². The van der Waals surface area contributed by atoms with Gasteiger partial charge in [0.05, 0.1) is 16.6 Å². The minimum atomic E-state index is -0.817. The summed E-state index contributed by atoms with van der Waals surface area (Å²) in [6, 6.07) is 87.4. The third kappa shape index (κ3) is 6.72. The molecule has 9 aromatic carbocycles. The van der Waals surface area contributed by atoms with Gasteiger partial charge in [-0.25, -0.2) is 4.98 Å². The summed E-state index contributed by atoms with van der Waals surface area (Å²) in [7, 11) is -2.39.